The van der Waals surface area contributed by atoms with Gasteiger partial charge in [0.25, 0.3) is 0 Å². The van der Waals surface area contributed by atoms with Crippen LogP contribution in [-0.2, 0) is 24.4 Å². The Labute approximate surface area is 203 Å². The van der Waals surface area contributed by atoms with Gasteiger partial charge >= 0.3 is 0 Å². The van der Waals surface area contributed by atoms with Crippen molar-refractivity contribution in [1.29, 1.82) is 0 Å². The van der Waals surface area contributed by atoms with Crippen LogP contribution in [0.25, 0.3) is 11.3 Å². The van der Waals surface area contributed by atoms with Gasteiger partial charge in [-0.2, -0.15) is 0 Å². The monoisotopic (exact) mass is 466 g/mol. The molecule has 3 aromatic carbocycles. The number of aliphatic hydroxyl groups is 1. The van der Waals surface area contributed by atoms with Gasteiger partial charge in [0.15, 0.2) is 5.16 Å². The highest BCUT2D eigenvalue weighted by atomic mass is 32.2. The van der Waals surface area contributed by atoms with Gasteiger partial charge in [-0.15, -0.1) is 0 Å². The highest BCUT2D eigenvalue weighted by Gasteiger charge is 2.31. The van der Waals surface area contributed by atoms with E-state index in [0.29, 0.717) is 13.1 Å². The van der Waals surface area contributed by atoms with E-state index < -0.39 is 5.60 Å². The van der Waals surface area contributed by atoms with E-state index >= 15 is 0 Å². The van der Waals surface area contributed by atoms with E-state index in [1.54, 1.807) is 24.3 Å². The van der Waals surface area contributed by atoms with E-state index in [-0.39, 0.29) is 0 Å². The van der Waals surface area contributed by atoms with Crippen molar-refractivity contribution >= 4 is 11.8 Å². The van der Waals surface area contributed by atoms with Crippen LogP contribution in [0.15, 0.2) is 121 Å². The van der Waals surface area contributed by atoms with Gasteiger partial charge in [0.2, 0.25) is 0 Å². The normalized spacial score (nSPS) is 13.0. The van der Waals surface area contributed by atoms with Crippen LogP contribution in [0.1, 0.15) is 11.1 Å². The summed E-state index contributed by atoms with van der Waals surface area (Å²) in [5.74, 6) is 0.803. The van der Waals surface area contributed by atoms with Crippen molar-refractivity contribution < 1.29 is 5.11 Å². The first-order valence-corrected chi connectivity index (χ1v) is 12.2. The summed E-state index contributed by atoms with van der Waals surface area (Å²) in [5, 5.41) is 12.9. The lowest BCUT2D eigenvalue weighted by molar-refractivity contribution is -0.00114. The SMILES string of the molecule is OC(Cn1ccnc1)(Cn1cc(-c2ccccc2)nc1SCc1ccccc1)c1ccccc1. The molecule has 0 saturated heterocycles. The van der Waals surface area contributed by atoms with Crippen molar-refractivity contribution in [2.24, 2.45) is 0 Å². The number of aromatic nitrogens is 4. The van der Waals surface area contributed by atoms with Crippen LogP contribution in [0.5, 0.6) is 0 Å². The van der Waals surface area contributed by atoms with Crippen LogP contribution in [0.4, 0.5) is 0 Å². The summed E-state index contributed by atoms with van der Waals surface area (Å²) < 4.78 is 4.00. The fourth-order valence-corrected chi connectivity index (χ4v) is 4.98. The topological polar surface area (TPSA) is 55.9 Å². The average molecular weight is 467 g/mol. The molecule has 34 heavy (non-hydrogen) atoms. The van der Waals surface area contributed by atoms with Crippen LogP contribution in [0.3, 0.4) is 0 Å². The quantitative estimate of drug-likeness (QED) is 0.286. The fourth-order valence-electron chi connectivity index (χ4n) is 4.04. The maximum atomic E-state index is 12.0. The Morgan fingerprint density at radius 2 is 1.50 bits per heavy atom. The minimum Gasteiger partial charge on any atom is -0.381 e. The molecule has 0 aliphatic heterocycles. The third-order valence-corrected chi connectivity index (χ3v) is 6.83. The average Bonchev–Trinajstić information content (AvgIpc) is 3.54. The Morgan fingerprint density at radius 3 is 2.18 bits per heavy atom. The molecule has 2 aromatic heterocycles. The summed E-state index contributed by atoms with van der Waals surface area (Å²) in [5.41, 5.74) is 2.91. The Kier molecular flexibility index (Phi) is 6.60. The lowest BCUT2D eigenvalue weighted by Crippen LogP contribution is -2.36. The number of benzene rings is 3. The zero-order chi connectivity index (χ0) is 23.2. The second kappa shape index (κ2) is 10.1. The highest BCUT2D eigenvalue weighted by molar-refractivity contribution is 7.98. The van der Waals surface area contributed by atoms with Gasteiger partial charge in [-0.3, -0.25) is 0 Å². The number of thioether (sulfide) groups is 1. The lowest BCUT2D eigenvalue weighted by Gasteiger charge is -2.30. The van der Waals surface area contributed by atoms with Gasteiger partial charge in [0, 0.05) is 29.9 Å². The largest absolute Gasteiger partial charge is 0.381 e. The van der Waals surface area contributed by atoms with E-state index in [1.165, 1.54) is 5.56 Å². The van der Waals surface area contributed by atoms with Gasteiger partial charge in [0.1, 0.15) is 5.60 Å². The predicted molar refractivity (Wildman–Crippen MR) is 136 cm³/mol. The van der Waals surface area contributed by atoms with Gasteiger partial charge < -0.3 is 14.2 Å². The minimum absolute atomic E-state index is 0.367. The molecule has 5 aromatic rings. The van der Waals surface area contributed by atoms with Crippen molar-refractivity contribution in [3.63, 3.8) is 0 Å². The number of nitrogens with zero attached hydrogens (tertiary/aromatic N) is 4. The van der Waals surface area contributed by atoms with Crippen molar-refractivity contribution in [1.82, 2.24) is 19.1 Å². The molecule has 0 aliphatic rings. The molecule has 1 unspecified atom stereocenters. The zero-order valence-electron chi connectivity index (χ0n) is 18.7. The molecule has 5 rings (SSSR count). The molecule has 0 aliphatic carbocycles. The smallest absolute Gasteiger partial charge is 0.169 e. The zero-order valence-corrected chi connectivity index (χ0v) is 19.6. The molecule has 6 heteroatoms. The van der Waals surface area contributed by atoms with Crippen molar-refractivity contribution in [2.45, 2.75) is 29.6 Å². The van der Waals surface area contributed by atoms with Crippen LogP contribution in [0.2, 0.25) is 0 Å². The maximum absolute atomic E-state index is 12.0. The maximum Gasteiger partial charge on any atom is 0.169 e. The van der Waals surface area contributed by atoms with Crippen LogP contribution in [-0.4, -0.2) is 24.2 Å². The van der Waals surface area contributed by atoms with Gasteiger partial charge in [-0.05, 0) is 11.1 Å². The van der Waals surface area contributed by atoms with Crippen LogP contribution in [0, 0.1) is 0 Å². The molecule has 0 fully saturated rings. The van der Waals surface area contributed by atoms with E-state index in [4.69, 9.17) is 4.98 Å². The summed E-state index contributed by atoms with van der Waals surface area (Å²) in [7, 11) is 0. The summed E-state index contributed by atoms with van der Waals surface area (Å²) in [6.07, 6.45) is 7.40. The molecule has 1 N–H and O–H groups in total. The summed E-state index contributed by atoms with van der Waals surface area (Å²) in [6.45, 7) is 0.755. The second-order valence-electron chi connectivity index (χ2n) is 8.31. The standard InChI is InChI=1S/C28H26N4OS/c33-28(20-31-17-16-29-22-31,25-14-8-3-9-15-25)21-32-18-26(24-12-6-2-7-13-24)30-27(32)34-19-23-10-4-1-5-11-23/h1-18,22,33H,19-21H2. The third kappa shape index (κ3) is 5.14. The van der Waals surface area contributed by atoms with E-state index in [2.05, 4.69) is 45.9 Å². The molecular weight excluding hydrogens is 440 g/mol. The van der Waals surface area contributed by atoms with Crippen LogP contribution >= 0.6 is 11.8 Å². The Morgan fingerprint density at radius 1 is 0.824 bits per heavy atom. The van der Waals surface area contributed by atoms with Gasteiger partial charge in [-0.1, -0.05) is 103 Å². The van der Waals surface area contributed by atoms with Crippen molar-refractivity contribution in [3.8, 4) is 11.3 Å². The minimum atomic E-state index is -1.14. The summed E-state index contributed by atoms with van der Waals surface area (Å²) in [4.78, 5) is 9.13. The highest BCUT2D eigenvalue weighted by Crippen LogP contribution is 2.32. The number of hydrogen-bond acceptors (Lipinski definition) is 4. The molecule has 0 amide bonds. The van der Waals surface area contributed by atoms with Gasteiger partial charge in [0.05, 0.1) is 25.1 Å². The Bertz CT molecular complexity index is 1300. The molecule has 2 heterocycles. The first-order chi connectivity index (χ1) is 16.7. The predicted octanol–water partition coefficient (Wildman–Crippen LogP) is 5.63. The van der Waals surface area contributed by atoms with E-state index in [0.717, 1.165) is 27.7 Å². The van der Waals surface area contributed by atoms with Crippen LogP contribution < -0.4 is 0 Å². The molecule has 0 bridgehead atoms. The first kappa shape index (κ1) is 22.2. The van der Waals surface area contributed by atoms with Gasteiger partial charge in [-0.25, -0.2) is 9.97 Å². The molecule has 0 spiro atoms. The molecule has 5 nitrogen and oxygen atoms in total. The second-order valence-corrected chi connectivity index (χ2v) is 9.25. The number of rotatable bonds is 9. The molecule has 0 radical (unpaired) electrons. The lowest BCUT2D eigenvalue weighted by atomic mass is 9.93. The fraction of sp³-hybridized carbons (Fsp3) is 0.143. The molecule has 1 atom stereocenters. The van der Waals surface area contributed by atoms with E-state index in [1.807, 2.05) is 71.6 Å². The Balaban J connectivity index is 1.51. The number of hydrogen-bond donors (Lipinski definition) is 1. The summed E-state index contributed by atoms with van der Waals surface area (Å²) in [6, 6.07) is 30.4. The third-order valence-electron chi connectivity index (χ3n) is 5.77. The van der Waals surface area contributed by atoms with E-state index in [9.17, 15) is 5.11 Å². The Hall–Kier alpha value is -3.61. The molecule has 170 valence electrons. The molecule has 0 saturated carbocycles. The van der Waals surface area contributed by atoms with Crippen molar-refractivity contribution in [2.75, 3.05) is 0 Å². The first-order valence-electron chi connectivity index (χ1n) is 11.2. The van der Waals surface area contributed by atoms with Crippen molar-refractivity contribution in [3.05, 3.63) is 127 Å². The number of imidazole rings is 2. The molecular formula is C28H26N4OS. The summed E-state index contributed by atoms with van der Waals surface area (Å²) >= 11 is 1.68.